The Bertz CT molecular complexity index is 474. The monoisotopic (exact) mass is 355 g/mol. The zero-order valence-corrected chi connectivity index (χ0v) is 14.4. The van der Waals surface area contributed by atoms with Crippen LogP contribution in [-0.2, 0) is 12.8 Å². The van der Waals surface area contributed by atoms with Crippen LogP contribution in [-0.4, -0.2) is 30.2 Å². The Balaban J connectivity index is 1.81. The van der Waals surface area contributed by atoms with Crippen LogP contribution in [0, 0.1) is 0 Å². The molecule has 20 heavy (non-hydrogen) atoms. The first-order chi connectivity index (χ1) is 9.78. The van der Waals surface area contributed by atoms with E-state index in [-0.39, 0.29) is 0 Å². The van der Waals surface area contributed by atoms with Crippen molar-refractivity contribution in [2.45, 2.75) is 43.9 Å². The summed E-state index contributed by atoms with van der Waals surface area (Å²) in [5, 5.41) is 4.45. The highest BCUT2D eigenvalue weighted by atomic mass is 79.9. The van der Waals surface area contributed by atoms with Crippen molar-refractivity contribution in [1.82, 2.24) is 5.32 Å². The average molecular weight is 356 g/mol. The van der Waals surface area contributed by atoms with Crippen LogP contribution < -0.4 is 10.1 Å². The van der Waals surface area contributed by atoms with Crippen LogP contribution >= 0.6 is 27.7 Å². The van der Waals surface area contributed by atoms with Gasteiger partial charge in [0.05, 0.1) is 6.61 Å². The molecule has 0 bridgehead atoms. The fourth-order valence-corrected chi connectivity index (χ4v) is 5.20. The molecule has 1 saturated heterocycles. The van der Waals surface area contributed by atoms with E-state index >= 15 is 0 Å². The molecule has 1 aromatic carbocycles. The second-order valence-corrected chi connectivity index (χ2v) is 7.83. The van der Waals surface area contributed by atoms with Gasteiger partial charge in [-0.05, 0) is 54.8 Å². The highest BCUT2D eigenvalue weighted by molar-refractivity contribution is 9.10. The highest BCUT2D eigenvalue weighted by Gasteiger charge is 2.27. The molecule has 1 N–H and O–H groups in total. The molecule has 4 heteroatoms. The Morgan fingerprint density at radius 2 is 2.40 bits per heavy atom. The van der Waals surface area contributed by atoms with Crippen molar-refractivity contribution >= 4 is 27.7 Å². The summed E-state index contributed by atoms with van der Waals surface area (Å²) in [7, 11) is 0. The van der Waals surface area contributed by atoms with E-state index in [0.717, 1.165) is 37.0 Å². The minimum Gasteiger partial charge on any atom is -0.493 e. The summed E-state index contributed by atoms with van der Waals surface area (Å²) >= 11 is 5.78. The van der Waals surface area contributed by atoms with Gasteiger partial charge >= 0.3 is 0 Å². The number of fused-ring (bicyclic) bond motifs is 1. The summed E-state index contributed by atoms with van der Waals surface area (Å²) in [6.07, 6.45) is 4.84. The molecule has 1 aromatic rings. The van der Waals surface area contributed by atoms with E-state index in [2.05, 4.69) is 52.1 Å². The molecule has 0 aromatic heterocycles. The molecular formula is C16H22BrNOS. The second-order valence-electron chi connectivity index (χ2n) is 5.57. The van der Waals surface area contributed by atoms with E-state index in [1.807, 2.05) is 0 Å². The molecule has 0 aliphatic carbocycles. The fraction of sp³-hybridized carbons (Fsp3) is 0.625. The molecule has 2 unspecified atom stereocenters. The third-order valence-electron chi connectivity index (χ3n) is 4.15. The number of likely N-dealkylation sites (N-methyl/N-ethyl adjacent to an activating group) is 1. The predicted octanol–water partition coefficient (Wildman–Crippen LogP) is 3.80. The van der Waals surface area contributed by atoms with Crippen molar-refractivity contribution in [3.05, 3.63) is 27.7 Å². The third kappa shape index (κ3) is 3.18. The molecule has 3 rings (SSSR count). The Labute approximate surface area is 134 Å². The lowest BCUT2D eigenvalue weighted by atomic mass is 9.98. The lowest BCUT2D eigenvalue weighted by Crippen LogP contribution is -2.39. The maximum Gasteiger partial charge on any atom is 0.125 e. The number of benzene rings is 1. The van der Waals surface area contributed by atoms with E-state index in [9.17, 15) is 0 Å². The van der Waals surface area contributed by atoms with Gasteiger partial charge in [0, 0.05) is 22.2 Å². The van der Waals surface area contributed by atoms with Crippen molar-refractivity contribution in [3.63, 3.8) is 0 Å². The first-order valence-corrected chi connectivity index (χ1v) is 9.41. The summed E-state index contributed by atoms with van der Waals surface area (Å²) in [5.41, 5.74) is 2.73. The predicted molar refractivity (Wildman–Crippen MR) is 90.0 cm³/mol. The minimum atomic E-state index is 0.565. The lowest BCUT2D eigenvalue weighted by Gasteiger charge is -2.24. The summed E-state index contributed by atoms with van der Waals surface area (Å²) in [6.45, 7) is 4.08. The summed E-state index contributed by atoms with van der Waals surface area (Å²) in [6, 6.07) is 5.02. The van der Waals surface area contributed by atoms with Gasteiger partial charge in [-0.2, -0.15) is 11.8 Å². The normalized spacial score (nSPS) is 22.6. The maximum absolute atomic E-state index is 5.87. The Morgan fingerprint density at radius 3 is 3.15 bits per heavy atom. The van der Waals surface area contributed by atoms with Gasteiger partial charge in [0.2, 0.25) is 0 Å². The summed E-state index contributed by atoms with van der Waals surface area (Å²) in [4.78, 5) is 0. The van der Waals surface area contributed by atoms with E-state index in [1.165, 1.54) is 34.2 Å². The molecule has 0 amide bonds. The van der Waals surface area contributed by atoms with Crippen LogP contribution in [0.3, 0.4) is 0 Å². The highest BCUT2D eigenvalue weighted by Crippen LogP contribution is 2.36. The first-order valence-electron chi connectivity index (χ1n) is 7.57. The van der Waals surface area contributed by atoms with E-state index in [4.69, 9.17) is 4.74 Å². The van der Waals surface area contributed by atoms with Crippen molar-refractivity contribution in [2.24, 2.45) is 0 Å². The zero-order chi connectivity index (χ0) is 13.9. The van der Waals surface area contributed by atoms with E-state index in [1.54, 1.807) is 0 Å². The second kappa shape index (κ2) is 6.71. The van der Waals surface area contributed by atoms with Crippen LogP contribution in [0.4, 0.5) is 0 Å². The molecule has 2 nitrogen and oxygen atoms in total. The summed E-state index contributed by atoms with van der Waals surface area (Å²) < 4.78 is 7.06. The van der Waals surface area contributed by atoms with Crippen LogP contribution in [0.5, 0.6) is 5.75 Å². The Kier molecular flexibility index (Phi) is 4.95. The number of ether oxygens (including phenoxy) is 1. The quantitative estimate of drug-likeness (QED) is 0.867. The molecule has 1 fully saturated rings. The number of hydrogen-bond donors (Lipinski definition) is 1. The first kappa shape index (κ1) is 14.7. The van der Waals surface area contributed by atoms with Gasteiger partial charge in [0.25, 0.3) is 0 Å². The molecule has 2 atom stereocenters. The van der Waals surface area contributed by atoms with Crippen molar-refractivity contribution in [2.75, 3.05) is 18.9 Å². The third-order valence-corrected chi connectivity index (χ3v) is 6.12. The smallest absolute Gasteiger partial charge is 0.125 e. The number of hydrogen-bond acceptors (Lipinski definition) is 3. The number of halogens is 1. The standard InChI is InChI=1S/C16H22BrNOS/c1-2-18-14(15-4-3-7-20-15)10-12-9-13(17)8-11-5-6-19-16(11)12/h8-9,14-15,18H,2-7,10H2,1H3. The lowest BCUT2D eigenvalue weighted by molar-refractivity contribution is 0.351. The average Bonchev–Trinajstić information content (AvgIpc) is 3.08. The van der Waals surface area contributed by atoms with Crippen molar-refractivity contribution < 1.29 is 4.74 Å². The molecule has 110 valence electrons. The molecule has 2 heterocycles. The molecule has 2 aliphatic heterocycles. The van der Waals surface area contributed by atoms with E-state index < -0.39 is 0 Å². The van der Waals surface area contributed by atoms with Gasteiger partial charge in [0.1, 0.15) is 5.75 Å². The van der Waals surface area contributed by atoms with Crippen molar-refractivity contribution in [3.8, 4) is 5.75 Å². The van der Waals surface area contributed by atoms with Gasteiger partial charge in [-0.3, -0.25) is 0 Å². The molecular weight excluding hydrogens is 334 g/mol. The Hall–Kier alpha value is -0.190. The SMILES string of the molecule is CCNC(Cc1cc(Br)cc2c1OCC2)C1CCCS1. The molecule has 0 spiro atoms. The van der Waals surface area contributed by atoms with Gasteiger partial charge in [0.15, 0.2) is 0 Å². The molecule has 0 saturated carbocycles. The molecule has 0 radical (unpaired) electrons. The maximum atomic E-state index is 5.87. The van der Waals surface area contributed by atoms with Crippen LogP contribution in [0.15, 0.2) is 16.6 Å². The van der Waals surface area contributed by atoms with Gasteiger partial charge in [-0.15, -0.1) is 0 Å². The fourth-order valence-electron chi connectivity index (χ4n) is 3.25. The van der Waals surface area contributed by atoms with Crippen LogP contribution in [0.1, 0.15) is 30.9 Å². The van der Waals surface area contributed by atoms with Crippen LogP contribution in [0.2, 0.25) is 0 Å². The van der Waals surface area contributed by atoms with Crippen molar-refractivity contribution in [1.29, 1.82) is 0 Å². The van der Waals surface area contributed by atoms with Gasteiger partial charge in [-0.1, -0.05) is 22.9 Å². The van der Waals surface area contributed by atoms with Crippen LogP contribution in [0.25, 0.3) is 0 Å². The zero-order valence-electron chi connectivity index (χ0n) is 12.0. The number of thioether (sulfide) groups is 1. The van der Waals surface area contributed by atoms with E-state index in [0.29, 0.717) is 6.04 Å². The van der Waals surface area contributed by atoms with Gasteiger partial charge < -0.3 is 10.1 Å². The number of nitrogens with one attached hydrogen (secondary N) is 1. The summed E-state index contributed by atoms with van der Waals surface area (Å²) in [5.74, 6) is 2.47. The minimum absolute atomic E-state index is 0.565. The topological polar surface area (TPSA) is 21.3 Å². The Morgan fingerprint density at radius 1 is 1.50 bits per heavy atom. The molecule has 2 aliphatic rings. The number of rotatable bonds is 5. The largest absolute Gasteiger partial charge is 0.493 e. The van der Waals surface area contributed by atoms with Gasteiger partial charge in [-0.25, -0.2) is 0 Å².